The van der Waals surface area contributed by atoms with Gasteiger partial charge in [-0.15, -0.1) is 0 Å². The van der Waals surface area contributed by atoms with E-state index < -0.39 is 0 Å². The predicted octanol–water partition coefficient (Wildman–Crippen LogP) is 0.181. The number of oxime groups is 1. The zero-order chi connectivity index (χ0) is 9.80. The second-order valence-electron chi connectivity index (χ2n) is 2.80. The molecule has 6 heteroatoms. The van der Waals surface area contributed by atoms with Gasteiger partial charge in [-0.1, -0.05) is 5.16 Å². The molecule has 14 heavy (non-hydrogen) atoms. The van der Waals surface area contributed by atoms with Crippen LogP contribution in [-0.2, 0) is 4.84 Å². The maximum atomic E-state index is 11.3. The number of hydrogen-bond donors (Lipinski definition) is 1. The molecule has 2 heterocycles. The van der Waals surface area contributed by atoms with Gasteiger partial charge >= 0.3 is 0 Å². The number of rotatable bonds is 3. The maximum absolute atomic E-state index is 11.3. The molecule has 0 radical (unpaired) electrons. The fourth-order valence-electron chi connectivity index (χ4n) is 1.06. The summed E-state index contributed by atoms with van der Waals surface area (Å²) in [6, 6.07) is 0. The Hall–Kier alpha value is -1.85. The minimum Gasteiger partial charge on any atom is -0.451 e. The zero-order valence-corrected chi connectivity index (χ0v) is 7.40. The first-order valence-electron chi connectivity index (χ1n) is 4.20. The molecule has 1 aromatic heterocycles. The number of amides is 1. The zero-order valence-electron chi connectivity index (χ0n) is 7.40. The molecule has 0 unspecified atom stereocenters. The average molecular weight is 195 g/mol. The number of oxazole rings is 1. The summed E-state index contributed by atoms with van der Waals surface area (Å²) >= 11 is 0. The highest BCUT2D eigenvalue weighted by molar-refractivity contribution is 5.96. The lowest BCUT2D eigenvalue weighted by molar-refractivity contribution is 0.0954. The van der Waals surface area contributed by atoms with Crippen LogP contribution in [0.5, 0.6) is 0 Å². The topological polar surface area (TPSA) is 76.7 Å². The van der Waals surface area contributed by atoms with E-state index in [4.69, 9.17) is 4.84 Å². The Kier molecular flexibility index (Phi) is 2.44. The highest BCUT2D eigenvalue weighted by Gasteiger charge is 2.12. The minimum atomic E-state index is -0.270. The third-order valence-corrected chi connectivity index (χ3v) is 1.79. The molecular weight excluding hydrogens is 186 g/mol. The summed E-state index contributed by atoms with van der Waals surface area (Å²) in [5.74, 6) is -0.270. The van der Waals surface area contributed by atoms with Gasteiger partial charge in [0.2, 0.25) is 0 Å². The summed E-state index contributed by atoms with van der Waals surface area (Å²) in [6.07, 6.45) is 3.27. The normalized spacial score (nSPS) is 14.7. The Labute approximate surface area is 79.9 Å². The second-order valence-corrected chi connectivity index (χ2v) is 2.80. The number of aromatic nitrogens is 1. The van der Waals surface area contributed by atoms with Gasteiger partial charge in [0.25, 0.3) is 5.91 Å². The standard InChI is InChI=1S/C8H9N3O3/c12-8(7-4-13-5-10-7)9-3-6-1-2-14-11-6/h4-5H,1-3H2,(H,9,12). The van der Waals surface area contributed by atoms with Gasteiger partial charge < -0.3 is 14.6 Å². The van der Waals surface area contributed by atoms with Crippen molar-refractivity contribution in [2.24, 2.45) is 5.16 Å². The first kappa shape index (κ1) is 8.74. The summed E-state index contributed by atoms with van der Waals surface area (Å²) in [5, 5.41) is 6.40. The quantitative estimate of drug-likeness (QED) is 0.746. The van der Waals surface area contributed by atoms with E-state index in [1.807, 2.05) is 0 Å². The van der Waals surface area contributed by atoms with E-state index in [1.165, 1.54) is 12.7 Å². The number of nitrogens with zero attached hydrogens (tertiary/aromatic N) is 2. The average Bonchev–Trinajstić information content (AvgIpc) is 2.87. The second kappa shape index (κ2) is 3.91. The van der Waals surface area contributed by atoms with E-state index in [0.29, 0.717) is 13.2 Å². The largest absolute Gasteiger partial charge is 0.451 e. The van der Waals surface area contributed by atoms with E-state index >= 15 is 0 Å². The molecule has 1 aromatic rings. The summed E-state index contributed by atoms with van der Waals surface area (Å²) < 4.78 is 4.68. The molecule has 1 amide bonds. The lowest BCUT2D eigenvalue weighted by Gasteiger charge is -1.99. The van der Waals surface area contributed by atoms with Crippen molar-refractivity contribution in [1.82, 2.24) is 10.3 Å². The van der Waals surface area contributed by atoms with Crippen LogP contribution in [0.4, 0.5) is 0 Å². The summed E-state index contributed by atoms with van der Waals surface area (Å²) in [7, 11) is 0. The molecule has 0 fully saturated rings. The third kappa shape index (κ3) is 1.90. The Morgan fingerprint density at radius 1 is 1.64 bits per heavy atom. The van der Waals surface area contributed by atoms with Crippen LogP contribution in [0.3, 0.4) is 0 Å². The van der Waals surface area contributed by atoms with E-state index in [-0.39, 0.29) is 11.6 Å². The van der Waals surface area contributed by atoms with Crippen LogP contribution in [0.15, 0.2) is 22.2 Å². The Bertz CT molecular complexity index is 345. The van der Waals surface area contributed by atoms with Crippen molar-refractivity contribution in [3.63, 3.8) is 0 Å². The van der Waals surface area contributed by atoms with Crippen molar-refractivity contribution in [1.29, 1.82) is 0 Å². The Morgan fingerprint density at radius 3 is 3.21 bits per heavy atom. The molecule has 0 spiro atoms. The minimum absolute atomic E-state index is 0.268. The number of nitrogens with one attached hydrogen (secondary N) is 1. The van der Waals surface area contributed by atoms with Gasteiger partial charge in [-0.05, 0) is 0 Å². The molecule has 74 valence electrons. The van der Waals surface area contributed by atoms with Gasteiger partial charge in [0, 0.05) is 6.42 Å². The molecule has 0 atom stereocenters. The van der Waals surface area contributed by atoms with Crippen LogP contribution in [-0.4, -0.2) is 29.8 Å². The molecule has 0 saturated heterocycles. The van der Waals surface area contributed by atoms with E-state index in [0.717, 1.165) is 12.1 Å². The van der Waals surface area contributed by atoms with Gasteiger partial charge in [0.15, 0.2) is 12.1 Å². The number of carbonyl (C=O) groups is 1. The molecule has 0 saturated carbocycles. The summed E-state index contributed by atoms with van der Waals surface area (Å²) in [6.45, 7) is 0.987. The Morgan fingerprint density at radius 2 is 2.57 bits per heavy atom. The molecule has 0 bridgehead atoms. The van der Waals surface area contributed by atoms with Crippen LogP contribution in [0, 0.1) is 0 Å². The van der Waals surface area contributed by atoms with E-state index in [2.05, 4.69) is 19.9 Å². The van der Waals surface area contributed by atoms with Gasteiger partial charge in [-0.2, -0.15) is 0 Å². The molecule has 1 N–H and O–H groups in total. The van der Waals surface area contributed by atoms with Crippen molar-refractivity contribution in [2.45, 2.75) is 6.42 Å². The first-order chi connectivity index (χ1) is 6.86. The molecule has 0 aliphatic carbocycles. The van der Waals surface area contributed by atoms with Crippen LogP contribution < -0.4 is 5.32 Å². The van der Waals surface area contributed by atoms with Gasteiger partial charge in [0.05, 0.1) is 12.3 Å². The smallest absolute Gasteiger partial charge is 0.273 e. The first-order valence-corrected chi connectivity index (χ1v) is 4.20. The molecule has 1 aliphatic rings. The van der Waals surface area contributed by atoms with Gasteiger partial charge in [-0.3, -0.25) is 4.79 Å². The molecule has 0 aromatic carbocycles. The fourth-order valence-corrected chi connectivity index (χ4v) is 1.06. The van der Waals surface area contributed by atoms with Crippen molar-refractivity contribution in [2.75, 3.05) is 13.2 Å². The highest BCUT2D eigenvalue weighted by atomic mass is 16.6. The van der Waals surface area contributed by atoms with Crippen molar-refractivity contribution >= 4 is 11.6 Å². The monoisotopic (exact) mass is 195 g/mol. The molecule has 1 aliphatic heterocycles. The predicted molar refractivity (Wildman–Crippen MR) is 46.8 cm³/mol. The third-order valence-electron chi connectivity index (χ3n) is 1.79. The van der Waals surface area contributed by atoms with Crippen molar-refractivity contribution < 1.29 is 14.0 Å². The molecule has 6 nitrogen and oxygen atoms in total. The van der Waals surface area contributed by atoms with Crippen LogP contribution in [0.2, 0.25) is 0 Å². The molecular formula is C8H9N3O3. The summed E-state index contributed by atoms with van der Waals surface area (Å²) in [4.78, 5) is 19.8. The van der Waals surface area contributed by atoms with E-state index in [1.54, 1.807) is 0 Å². The van der Waals surface area contributed by atoms with Crippen LogP contribution in [0.25, 0.3) is 0 Å². The lowest BCUT2D eigenvalue weighted by Crippen LogP contribution is -2.29. The number of hydrogen-bond acceptors (Lipinski definition) is 5. The fraction of sp³-hybridized carbons (Fsp3) is 0.375. The van der Waals surface area contributed by atoms with Crippen LogP contribution in [0.1, 0.15) is 16.9 Å². The molecule has 2 rings (SSSR count). The van der Waals surface area contributed by atoms with Gasteiger partial charge in [-0.25, -0.2) is 4.98 Å². The summed E-state index contributed by atoms with van der Waals surface area (Å²) in [5.41, 5.74) is 1.10. The Balaban J connectivity index is 1.83. The lowest BCUT2D eigenvalue weighted by atomic mass is 10.3. The van der Waals surface area contributed by atoms with Crippen molar-refractivity contribution in [3.8, 4) is 0 Å². The van der Waals surface area contributed by atoms with Gasteiger partial charge in [0.1, 0.15) is 12.9 Å². The number of carbonyl (C=O) groups excluding carboxylic acids is 1. The van der Waals surface area contributed by atoms with Crippen LogP contribution >= 0.6 is 0 Å². The highest BCUT2D eigenvalue weighted by Crippen LogP contribution is 1.99. The van der Waals surface area contributed by atoms with Crippen molar-refractivity contribution in [3.05, 3.63) is 18.4 Å². The SMILES string of the molecule is O=C(NCC1=NOCC1)c1cocn1. The van der Waals surface area contributed by atoms with E-state index in [9.17, 15) is 4.79 Å². The maximum Gasteiger partial charge on any atom is 0.273 e.